The average molecular weight is 493 g/mol. The number of benzene rings is 1. The standard InChI is InChI=1S/C28H32N2O4S/c1-3-5-15-30(20-7-6-8-20)28(32)18-9-11-19(12-10-18)29-26(31)17-25-23-16-24(25)22-14-13-21(23)27(22)35(33,34)4-2/h3,5,9-12,15,20,25,27H,1,4,6-8,13-14,16-17H2,2H3,(H,29,31)/b15-5+. The van der Waals surface area contributed by atoms with Crippen molar-refractivity contribution in [3.05, 3.63) is 77.1 Å². The molecule has 6 rings (SSSR count). The van der Waals surface area contributed by atoms with Crippen molar-refractivity contribution in [3.8, 4) is 0 Å². The van der Waals surface area contributed by atoms with Gasteiger partial charge in [-0.1, -0.05) is 30.7 Å². The Balaban J connectivity index is 1.23. The highest BCUT2D eigenvalue weighted by Gasteiger charge is 2.50. The highest BCUT2D eigenvalue weighted by molar-refractivity contribution is 7.92. The van der Waals surface area contributed by atoms with Gasteiger partial charge in [0.15, 0.2) is 9.84 Å². The van der Waals surface area contributed by atoms with E-state index in [9.17, 15) is 18.0 Å². The maximum Gasteiger partial charge on any atom is 0.258 e. The van der Waals surface area contributed by atoms with Crippen molar-refractivity contribution < 1.29 is 18.0 Å². The topological polar surface area (TPSA) is 83.6 Å². The van der Waals surface area contributed by atoms with Gasteiger partial charge in [0, 0.05) is 41.6 Å². The van der Waals surface area contributed by atoms with E-state index >= 15 is 0 Å². The number of amides is 2. The molecule has 3 saturated carbocycles. The Kier molecular flexibility index (Phi) is 6.30. The smallest absolute Gasteiger partial charge is 0.258 e. The van der Waals surface area contributed by atoms with Gasteiger partial charge in [0.1, 0.15) is 5.25 Å². The molecule has 0 spiro atoms. The van der Waals surface area contributed by atoms with Crippen LogP contribution in [0.25, 0.3) is 0 Å². The summed E-state index contributed by atoms with van der Waals surface area (Å²) in [6.07, 6.45) is 11.2. The Morgan fingerprint density at radius 3 is 2.29 bits per heavy atom. The zero-order chi connectivity index (χ0) is 24.7. The monoisotopic (exact) mass is 492 g/mol. The normalized spacial score (nSPS) is 23.2. The molecule has 3 fully saturated rings. The summed E-state index contributed by atoms with van der Waals surface area (Å²) in [6, 6.07) is 7.26. The van der Waals surface area contributed by atoms with Crippen molar-refractivity contribution in [2.45, 2.75) is 63.2 Å². The average Bonchev–Trinajstić information content (AvgIpc) is 3.07. The van der Waals surface area contributed by atoms with Gasteiger partial charge in [-0.3, -0.25) is 9.59 Å². The number of nitrogens with one attached hydrogen (secondary N) is 1. The summed E-state index contributed by atoms with van der Waals surface area (Å²) in [5.41, 5.74) is 5.68. The molecule has 5 aliphatic rings. The van der Waals surface area contributed by atoms with Gasteiger partial charge in [0.25, 0.3) is 5.91 Å². The van der Waals surface area contributed by atoms with E-state index in [1.807, 2.05) is 0 Å². The first-order valence-electron chi connectivity index (χ1n) is 12.5. The van der Waals surface area contributed by atoms with E-state index in [0.29, 0.717) is 17.7 Å². The lowest BCUT2D eigenvalue weighted by Gasteiger charge is -2.42. The molecule has 4 bridgehead atoms. The number of carbonyl (C=O) groups excluding carboxylic acids is 2. The van der Waals surface area contributed by atoms with Crippen molar-refractivity contribution in [1.82, 2.24) is 4.90 Å². The molecular weight excluding hydrogens is 460 g/mol. The van der Waals surface area contributed by atoms with Crippen molar-refractivity contribution in [2.24, 2.45) is 5.92 Å². The van der Waals surface area contributed by atoms with Crippen molar-refractivity contribution in [2.75, 3.05) is 11.1 Å². The Labute approximate surface area is 207 Å². The third kappa shape index (κ3) is 4.20. The van der Waals surface area contributed by atoms with Gasteiger partial charge in [-0.15, -0.1) is 0 Å². The summed E-state index contributed by atoms with van der Waals surface area (Å²) in [5, 5.41) is 2.53. The molecule has 35 heavy (non-hydrogen) atoms. The Hall–Kier alpha value is -2.93. The number of hydrogen-bond acceptors (Lipinski definition) is 4. The molecule has 6 nitrogen and oxygen atoms in total. The molecule has 184 valence electrons. The minimum Gasteiger partial charge on any atom is -0.326 e. The van der Waals surface area contributed by atoms with Gasteiger partial charge in [0.05, 0.1) is 0 Å². The summed E-state index contributed by atoms with van der Waals surface area (Å²) >= 11 is 0. The lowest BCUT2D eigenvalue weighted by Crippen LogP contribution is -2.40. The molecule has 1 aromatic carbocycles. The van der Waals surface area contributed by atoms with Gasteiger partial charge in [-0.05, 0) is 80.0 Å². The van der Waals surface area contributed by atoms with Gasteiger partial charge >= 0.3 is 0 Å². The molecule has 0 saturated heterocycles. The fourth-order valence-corrected chi connectivity index (χ4v) is 7.61. The van der Waals surface area contributed by atoms with Gasteiger partial charge < -0.3 is 10.2 Å². The summed E-state index contributed by atoms with van der Waals surface area (Å²) in [6.45, 7) is 5.40. The quantitative estimate of drug-likeness (QED) is 0.391. The van der Waals surface area contributed by atoms with E-state index in [2.05, 4.69) is 11.9 Å². The van der Waals surface area contributed by atoms with E-state index in [1.165, 1.54) is 11.1 Å². The van der Waals surface area contributed by atoms with Crippen LogP contribution in [0.5, 0.6) is 0 Å². The molecule has 1 aromatic rings. The first kappa shape index (κ1) is 23.8. The Morgan fingerprint density at radius 2 is 1.74 bits per heavy atom. The number of nitrogens with zero attached hydrogens (tertiary/aromatic N) is 1. The van der Waals surface area contributed by atoms with Crippen molar-refractivity contribution in [1.29, 1.82) is 0 Å². The van der Waals surface area contributed by atoms with Crippen molar-refractivity contribution in [3.63, 3.8) is 0 Å². The SMILES string of the molecule is C=C/C=C/N(C(=O)c1ccc(NC(=O)CC2C3=C4CCC(=C2C3)C4S(=O)(=O)CC)cc1)C1CCC1. The van der Waals surface area contributed by atoms with Gasteiger partial charge in [-0.25, -0.2) is 8.42 Å². The molecular formula is C28H32N2O4S. The van der Waals surface area contributed by atoms with E-state index in [4.69, 9.17) is 0 Å². The zero-order valence-corrected chi connectivity index (χ0v) is 20.9. The highest BCUT2D eigenvalue weighted by atomic mass is 32.2. The summed E-state index contributed by atoms with van der Waals surface area (Å²) in [5.74, 6) is 0.0603. The largest absolute Gasteiger partial charge is 0.326 e. The third-order valence-electron chi connectivity index (χ3n) is 8.00. The first-order chi connectivity index (χ1) is 16.8. The molecule has 1 N–H and O–H groups in total. The van der Waals surface area contributed by atoms with E-state index in [0.717, 1.165) is 49.7 Å². The molecule has 0 aliphatic heterocycles. The third-order valence-corrected chi connectivity index (χ3v) is 10.1. The second kappa shape index (κ2) is 9.26. The van der Waals surface area contributed by atoms with Crippen LogP contribution >= 0.6 is 0 Å². The molecule has 0 heterocycles. The minimum absolute atomic E-state index is 0.0538. The molecule has 2 amide bonds. The first-order valence-corrected chi connectivity index (χ1v) is 14.2. The molecule has 0 radical (unpaired) electrons. The van der Waals surface area contributed by atoms with Crippen LogP contribution in [0.4, 0.5) is 5.69 Å². The predicted octanol–water partition coefficient (Wildman–Crippen LogP) is 4.93. The second-order valence-electron chi connectivity index (χ2n) is 9.87. The van der Waals surface area contributed by atoms with E-state index in [-0.39, 0.29) is 29.5 Å². The molecule has 0 atom stereocenters. The zero-order valence-electron chi connectivity index (χ0n) is 20.1. The Morgan fingerprint density at radius 1 is 1.09 bits per heavy atom. The lowest BCUT2D eigenvalue weighted by atomic mass is 9.65. The van der Waals surface area contributed by atoms with E-state index in [1.54, 1.807) is 54.4 Å². The van der Waals surface area contributed by atoms with Crippen LogP contribution in [-0.2, 0) is 14.6 Å². The minimum atomic E-state index is -3.14. The van der Waals surface area contributed by atoms with Crippen LogP contribution in [0.1, 0.15) is 62.2 Å². The summed E-state index contributed by atoms with van der Waals surface area (Å²) in [7, 11) is -3.14. The van der Waals surface area contributed by atoms with E-state index < -0.39 is 15.1 Å². The molecule has 5 aliphatic carbocycles. The fraction of sp³-hybridized carbons (Fsp3) is 0.429. The van der Waals surface area contributed by atoms with Crippen molar-refractivity contribution >= 4 is 27.3 Å². The van der Waals surface area contributed by atoms with Gasteiger partial charge in [0.2, 0.25) is 5.91 Å². The lowest BCUT2D eigenvalue weighted by molar-refractivity contribution is -0.116. The number of allylic oxidation sites excluding steroid dienone is 4. The van der Waals surface area contributed by atoms with Crippen LogP contribution in [-0.4, -0.2) is 42.2 Å². The van der Waals surface area contributed by atoms with Gasteiger partial charge in [-0.2, -0.15) is 0 Å². The van der Waals surface area contributed by atoms with Crippen LogP contribution < -0.4 is 5.32 Å². The maximum absolute atomic E-state index is 13.0. The Bertz CT molecular complexity index is 1240. The summed E-state index contributed by atoms with van der Waals surface area (Å²) in [4.78, 5) is 27.6. The highest BCUT2D eigenvalue weighted by Crippen LogP contribution is 2.58. The van der Waals surface area contributed by atoms with Crippen LogP contribution in [0.3, 0.4) is 0 Å². The summed E-state index contributed by atoms with van der Waals surface area (Å²) < 4.78 is 25.2. The molecule has 7 heteroatoms. The number of carbonyl (C=O) groups is 2. The maximum atomic E-state index is 13.0. The number of anilines is 1. The predicted molar refractivity (Wildman–Crippen MR) is 137 cm³/mol. The number of rotatable bonds is 9. The second-order valence-corrected chi connectivity index (χ2v) is 12.2. The number of sulfone groups is 1. The van der Waals surface area contributed by atoms with Crippen LogP contribution in [0, 0.1) is 5.92 Å². The fourth-order valence-electron chi connectivity index (χ4n) is 5.87. The molecule has 0 aromatic heterocycles. The van der Waals surface area contributed by atoms with Crippen LogP contribution in [0.2, 0.25) is 0 Å². The molecule has 0 unspecified atom stereocenters. The number of hydrogen-bond donors (Lipinski definition) is 1. The van der Waals surface area contributed by atoms with Crippen LogP contribution in [0.15, 0.2) is 71.5 Å².